The molecule has 0 fully saturated rings. The third-order valence-electron chi connectivity index (χ3n) is 1.82. The summed E-state index contributed by atoms with van der Waals surface area (Å²) in [5, 5.41) is -0.390. The van der Waals surface area contributed by atoms with Crippen molar-refractivity contribution < 1.29 is 21.6 Å². The summed E-state index contributed by atoms with van der Waals surface area (Å²) >= 11 is 0. The predicted octanol–water partition coefficient (Wildman–Crippen LogP) is 1.29. The van der Waals surface area contributed by atoms with Crippen LogP contribution in [0.1, 0.15) is 0 Å². The van der Waals surface area contributed by atoms with E-state index in [1.165, 1.54) is 0 Å². The molecule has 2 N–H and O–H groups in total. The number of alkyl halides is 3. The van der Waals surface area contributed by atoms with Crippen LogP contribution in [0, 0.1) is 0 Å². The highest BCUT2D eigenvalue weighted by atomic mass is 32.2. The van der Waals surface area contributed by atoms with E-state index in [0.29, 0.717) is 0 Å². The number of benzene rings is 1. The lowest BCUT2D eigenvalue weighted by Gasteiger charge is -2.21. The molecule has 0 aliphatic carbocycles. The number of anilines is 1. The monoisotopic (exact) mass is 254 g/mol. The van der Waals surface area contributed by atoms with Crippen LogP contribution in [-0.4, -0.2) is 21.0 Å². The van der Waals surface area contributed by atoms with Crippen molar-refractivity contribution in [3.05, 3.63) is 24.3 Å². The van der Waals surface area contributed by atoms with Crippen molar-refractivity contribution in [2.45, 2.75) is 11.2 Å². The highest BCUT2D eigenvalue weighted by molar-refractivity contribution is 7.90. The lowest BCUT2D eigenvalue weighted by Crippen LogP contribution is -2.43. The number of hydrogen-bond donors (Lipinski definition) is 1. The average molecular weight is 254 g/mol. The Morgan fingerprint density at radius 1 is 1.19 bits per heavy atom. The molecule has 0 heterocycles. The maximum atomic E-state index is 12.2. The standard InChI is InChI=1S/C8H9F3N2O2S/c1-16(14,15)7-4-2-6(3-5-7)13(12)8(9,10)11/h2-5H,12H2,1H3. The van der Waals surface area contributed by atoms with Crippen LogP contribution >= 0.6 is 0 Å². The molecule has 0 unspecified atom stereocenters. The minimum absolute atomic E-state index is 0.0631. The van der Waals surface area contributed by atoms with Crippen LogP contribution in [0.4, 0.5) is 18.9 Å². The van der Waals surface area contributed by atoms with Gasteiger partial charge in [0.2, 0.25) is 0 Å². The van der Waals surface area contributed by atoms with E-state index in [-0.39, 0.29) is 15.6 Å². The smallest absolute Gasteiger partial charge is 0.240 e. The fourth-order valence-electron chi connectivity index (χ4n) is 1.00. The van der Waals surface area contributed by atoms with Crippen molar-refractivity contribution in [2.24, 2.45) is 5.84 Å². The highest BCUT2D eigenvalue weighted by Gasteiger charge is 2.35. The van der Waals surface area contributed by atoms with E-state index in [1.54, 1.807) is 0 Å². The topological polar surface area (TPSA) is 63.4 Å². The summed E-state index contributed by atoms with van der Waals surface area (Å²) in [6.45, 7) is 0. The maximum Gasteiger partial charge on any atom is 0.498 e. The number of rotatable bonds is 2. The fourth-order valence-corrected chi connectivity index (χ4v) is 1.63. The number of nitrogens with zero attached hydrogens (tertiary/aromatic N) is 1. The molecule has 8 heteroatoms. The number of nitrogens with two attached hydrogens (primary N) is 1. The first-order valence-corrected chi connectivity index (χ1v) is 5.93. The van der Waals surface area contributed by atoms with Gasteiger partial charge in [-0.25, -0.2) is 19.3 Å². The van der Waals surface area contributed by atoms with Gasteiger partial charge in [-0.2, -0.15) is 0 Å². The van der Waals surface area contributed by atoms with Gasteiger partial charge in [-0.15, -0.1) is 13.2 Å². The van der Waals surface area contributed by atoms with Gasteiger partial charge >= 0.3 is 6.30 Å². The van der Waals surface area contributed by atoms with Gasteiger partial charge in [0.1, 0.15) is 0 Å². The maximum absolute atomic E-state index is 12.2. The van der Waals surface area contributed by atoms with Crippen molar-refractivity contribution in [2.75, 3.05) is 11.3 Å². The quantitative estimate of drug-likeness (QED) is 0.490. The number of hydrazine groups is 1. The van der Waals surface area contributed by atoms with E-state index >= 15 is 0 Å². The highest BCUT2D eigenvalue weighted by Crippen LogP contribution is 2.25. The van der Waals surface area contributed by atoms with E-state index in [1.807, 2.05) is 0 Å². The second-order valence-electron chi connectivity index (χ2n) is 3.10. The molecule has 1 rings (SSSR count). The van der Waals surface area contributed by atoms with E-state index in [0.717, 1.165) is 30.5 Å². The van der Waals surface area contributed by atoms with Gasteiger partial charge in [0.05, 0.1) is 10.6 Å². The minimum atomic E-state index is -4.70. The first-order chi connectivity index (χ1) is 7.12. The van der Waals surface area contributed by atoms with Crippen molar-refractivity contribution in [1.29, 1.82) is 0 Å². The first kappa shape index (κ1) is 12.8. The Kier molecular flexibility index (Phi) is 3.15. The van der Waals surface area contributed by atoms with Gasteiger partial charge in [-0.1, -0.05) is 0 Å². The summed E-state index contributed by atoms with van der Waals surface area (Å²) < 4.78 is 58.5. The van der Waals surface area contributed by atoms with Crippen molar-refractivity contribution in [1.82, 2.24) is 0 Å². The van der Waals surface area contributed by atoms with Crippen molar-refractivity contribution >= 4 is 15.5 Å². The molecule has 0 saturated carbocycles. The van der Waals surface area contributed by atoms with Gasteiger partial charge in [-0.05, 0) is 24.3 Å². The predicted molar refractivity (Wildman–Crippen MR) is 52.3 cm³/mol. The summed E-state index contributed by atoms with van der Waals surface area (Å²) in [4.78, 5) is -0.0631. The van der Waals surface area contributed by atoms with E-state index in [9.17, 15) is 21.6 Å². The van der Waals surface area contributed by atoms with Crippen LogP contribution in [0.25, 0.3) is 0 Å². The zero-order valence-corrected chi connectivity index (χ0v) is 9.01. The van der Waals surface area contributed by atoms with E-state index < -0.39 is 16.1 Å². The molecule has 4 nitrogen and oxygen atoms in total. The summed E-state index contributed by atoms with van der Waals surface area (Å²) in [6.07, 6.45) is -3.74. The molecule has 0 atom stereocenters. The Morgan fingerprint density at radius 3 is 1.94 bits per heavy atom. The summed E-state index contributed by atoms with van der Waals surface area (Å²) in [5.41, 5.74) is -0.333. The number of hydrogen-bond acceptors (Lipinski definition) is 4. The van der Waals surface area contributed by atoms with E-state index in [4.69, 9.17) is 5.84 Å². The summed E-state index contributed by atoms with van der Waals surface area (Å²) in [6, 6.07) is 4.11. The molecule has 0 aliphatic rings. The molecule has 0 aromatic heterocycles. The van der Waals surface area contributed by atoms with Crippen molar-refractivity contribution in [3.63, 3.8) is 0 Å². The fraction of sp³-hybridized carbons (Fsp3) is 0.250. The van der Waals surface area contributed by atoms with Gasteiger partial charge in [0.25, 0.3) is 0 Å². The van der Waals surface area contributed by atoms with Gasteiger partial charge < -0.3 is 0 Å². The largest absolute Gasteiger partial charge is 0.498 e. The van der Waals surface area contributed by atoms with Crippen LogP contribution in [0.2, 0.25) is 0 Å². The Hall–Kier alpha value is -1.28. The van der Waals surface area contributed by atoms with Gasteiger partial charge in [0, 0.05) is 6.26 Å². The molecular weight excluding hydrogens is 245 g/mol. The molecule has 0 saturated heterocycles. The molecule has 0 radical (unpaired) electrons. The van der Waals surface area contributed by atoms with Crippen LogP contribution in [-0.2, 0) is 9.84 Å². The third-order valence-corrected chi connectivity index (χ3v) is 2.94. The second-order valence-corrected chi connectivity index (χ2v) is 5.12. The first-order valence-electron chi connectivity index (χ1n) is 4.04. The molecule has 1 aromatic rings. The Morgan fingerprint density at radius 2 is 1.62 bits per heavy atom. The number of sulfone groups is 1. The third kappa shape index (κ3) is 2.86. The van der Waals surface area contributed by atoms with Crippen LogP contribution < -0.4 is 10.9 Å². The Bertz CT molecular complexity index is 467. The minimum Gasteiger partial charge on any atom is -0.240 e. The molecule has 0 bridgehead atoms. The Balaban J connectivity index is 3.05. The molecule has 16 heavy (non-hydrogen) atoms. The van der Waals surface area contributed by atoms with Crippen LogP contribution in [0.5, 0.6) is 0 Å². The lowest BCUT2D eigenvalue weighted by atomic mass is 10.3. The Labute approximate surface area is 90.4 Å². The van der Waals surface area contributed by atoms with Gasteiger partial charge in [-0.3, -0.25) is 0 Å². The molecule has 0 spiro atoms. The number of halogens is 3. The van der Waals surface area contributed by atoms with Crippen molar-refractivity contribution in [3.8, 4) is 0 Å². The average Bonchev–Trinajstić information content (AvgIpc) is 2.14. The molecule has 0 amide bonds. The molecule has 1 aromatic carbocycles. The van der Waals surface area contributed by atoms with Gasteiger partial charge in [0.15, 0.2) is 9.84 Å². The zero-order valence-electron chi connectivity index (χ0n) is 8.19. The molecule has 90 valence electrons. The second kappa shape index (κ2) is 3.95. The summed E-state index contributed by atoms with van der Waals surface area (Å²) in [7, 11) is -3.42. The lowest BCUT2D eigenvalue weighted by molar-refractivity contribution is -0.129. The van der Waals surface area contributed by atoms with Crippen LogP contribution in [0.3, 0.4) is 0 Å². The normalized spacial score (nSPS) is 12.6. The summed E-state index contributed by atoms with van der Waals surface area (Å²) in [5.74, 6) is 4.79. The molecular formula is C8H9F3N2O2S. The van der Waals surface area contributed by atoms with E-state index in [2.05, 4.69) is 0 Å². The SMILES string of the molecule is CS(=O)(=O)c1ccc(N(N)C(F)(F)F)cc1. The molecule has 0 aliphatic heterocycles. The zero-order chi connectivity index (χ0) is 12.6. The van der Waals surface area contributed by atoms with Crippen LogP contribution in [0.15, 0.2) is 29.2 Å².